The third-order valence-corrected chi connectivity index (χ3v) is 4.17. The Kier molecular flexibility index (Phi) is 8.89. The zero-order valence-corrected chi connectivity index (χ0v) is 12.8. The predicted octanol–water partition coefficient (Wildman–Crippen LogP) is 3.79. The molecule has 0 rings (SSSR count). The Labute approximate surface area is 109 Å². The number of likely N-dealkylation sites (N-methyl/N-ethyl adjacent to an activating group) is 1. The molecule has 0 saturated heterocycles. The van der Waals surface area contributed by atoms with E-state index in [0.717, 1.165) is 13.1 Å². The molecule has 104 valence electrons. The van der Waals surface area contributed by atoms with E-state index in [4.69, 9.17) is 5.73 Å². The Morgan fingerprint density at radius 1 is 1.12 bits per heavy atom. The highest BCUT2D eigenvalue weighted by atomic mass is 15.2. The summed E-state index contributed by atoms with van der Waals surface area (Å²) in [4.78, 5) is 2.60. The van der Waals surface area contributed by atoms with Gasteiger partial charge in [-0.25, -0.2) is 0 Å². The fourth-order valence-corrected chi connectivity index (χ4v) is 2.74. The van der Waals surface area contributed by atoms with E-state index in [1.54, 1.807) is 0 Å². The highest BCUT2D eigenvalue weighted by Crippen LogP contribution is 2.25. The molecule has 2 atom stereocenters. The van der Waals surface area contributed by atoms with Gasteiger partial charge in [-0.3, -0.25) is 4.90 Å². The first-order valence-corrected chi connectivity index (χ1v) is 7.52. The average Bonchev–Trinajstić information content (AvgIpc) is 2.35. The molecular weight excluding hydrogens is 208 g/mol. The number of unbranched alkanes of at least 4 members (excludes halogenated alkanes) is 3. The zero-order chi connectivity index (χ0) is 13.3. The summed E-state index contributed by atoms with van der Waals surface area (Å²) in [7, 11) is 0. The third-order valence-electron chi connectivity index (χ3n) is 4.17. The molecule has 0 aliphatic heterocycles. The lowest BCUT2D eigenvalue weighted by molar-refractivity contribution is 0.0629. The molecule has 0 bridgehead atoms. The van der Waals surface area contributed by atoms with Gasteiger partial charge in [-0.1, -0.05) is 46.5 Å². The molecule has 0 spiro atoms. The van der Waals surface area contributed by atoms with Gasteiger partial charge < -0.3 is 5.73 Å². The molecule has 2 unspecified atom stereocenters. The lowest BCUT2D eigenvalue weighted by Crippen LogP contribution is -2.55. The second-order valence-electron chi connectivity index (χ2n) is 5.56. The Morgan fingerprint density at radius 3 is 2.18 bits per heavy atom. The van der Waals surface area contributed by atoms with E-state index in [1.165, 1.54) is 38.5 Å². The normalized spacial score (nSPS) is 17.1. The number of hydrogen-bond acceptors (Lipinski definition) is 2. The van der Waals surface area contributed by atoms with Crippen LogP contribution in [0.1, 0.15) is 73.1 Å². The van der Waals surface area contributed by atoms with Crippen LogP contribution in [-0.4, -0.2) is 29.6 Å². The first-order valence-electron chi connectivity index (χ1n) is 7.52. The fraction of sp³-hybridized carbons (Fsp3) is 1.00. The number of nitrogens with zero attached hydrogens (tertiary/aromatic N) is 1. The van der Waals surface area contributed by atoms with Crippen molar-refractivity contribution in [3.8, 4) is 0 Å². The molecule has 0 fully saturated rings. The lowest BCUT2D eigenvalue weighted by atomic mass is 9.90. The van der Waals surface area contributed by atoms with E-state index < -0.39 is 0 Å². The van der Waals surface area contributed by atoms with E-state index in [-0.39, 0.29) is 5.54 Å². The zero-order valence-electron chi connectivity index (χ0n) is 12.8. The van der Waals surface area contributed by atoms with Gasteiger partial charge in [-0.2, -0.15) is 0 Å². The van der Waals surface area contributed by atoms with Crippen molar-refractivity contribution in [2.45, 2.75) is 84.7 Å². The summed E-state index contributed by atoms with van der Waals surface area (Å²) in [6.45, 7) is 13.3. The van der Waals surface area contributed by atoms with E-state index in [1.807, 2.05) is 0 Å². The second kappa shape index (κ2) is 8.93. The fourth-order valence-electron chi connectivity index (χ4n) is 2.74. The van der Waals surface area contributed by atoms with Crippen molar-refractivity contribution >= 4 is 0 Å². The summed E-state index contributed by atoms with van der Waals surface area (Å²) in [6.07, 6.45) is 7.77. The van der Waals surface area contributed by atoms with Gasteiger partial charge in [-0.15, -0.1) is 0 Å². The molecule has 0 heterocycles. The van der Waals surface area contributed by atoms with Crippen LogP contribution in [0.3, 0.4) is 0 Å². The van der Waals surface area contributed by atoms with Gasteiger partial charge in [0.25, 0.3) is 0 Å². The van der Waals surface area contributed by atoms with Gasteiger partial charge in [0, 0.05) is 18.1 Å². The van der Waals surface area contributed by atoms with Gasteiger partial charge in [0.1, 0.15) is 0 Å². The molecule has 0 aromatic rings. The second-order valence-corrected chi connectivity index (χ2v) is 5.56. The van der Waals surface area contributed by atoms with Crippen molar-refractivity contribution in [3.63, 3.8) is 0 Å². The van der Waals surface area contributed by atoms with Gasteiger partial charge in [-0.05, 0) is 33.2 Å². The Bertz CT molecular complexity index is 182. The minimum absolute atomic E-state index is 0.192. The smallest absolute Gasteiger partial charge is 0.0306 e. The number of hydrogen-bond donors (Lipinski definition) is 1. The van der Waals surface area contributed by atoms with Crippen LogP contribution in [0.4, 0.5) is 0 Å². The van der Waals surface area contributed by atoms with Crippen molar-refractivity contribution in [3.05, 3.63) is 0 Å². The van der Waals surface area contributed by atoms with Gasteiger partial charge in [0.15, 0.2) is 0 Å². The Hall–Kier alpha value is -0.0800. The van der Waals surface area contributed by atoms with Gasteiger partial charge in [0.05, 0.1) is 0 Å². The van der Waals surface area contributed by atoms with Crippen LogP contribution < -0.4 is 5.73 Å². The quantitative estimate of drug-likeness (QED) is 0.591. The van der Waals surface area contributed by atoms with Crippen molar-refractivity contribution in [1.82, 2.24) is 4.90 Å². The maximum atomic E-state index is 6.05. The molecule has 0 radical (unpaired) electrons. The summed E-state index contributed by atoms with van der Waals surface area (Å²) in [5.41, 5.74) is 6.24. The number of rotatable bonds is 10. The number of nitrogens with two attached hydrogens (primary N) is 1. The summed E-state index contributed by atoms with van der Waals surface area (Å²) >= 11 is 0. The van der Waals surface area contributed by atoms with Crippen LogP contribution in [0, 0.1) is 0 Å². The highest BCUT2D eigenvalue weighted by Gasteiger charge is 2.31. The van der Waals surface area contributed by atoms with E-state index in [2.05, 4.69) is 39.5 Å². The summed E-state index contributed by atoms with van der Waals surface area (Å²) in [6, 6.07) is 0.639. The molecule has 0 aliphatic rings. The maximum Gasteiger partial charge on any atom is 0.0306 e. The SMILES string of the molecule is CCCCCCC(C)(CN)N(CC)C(C)CC. The minimum atomic E-state index is 0.192. The third kappa shape index (κ3) is 5.39. The van der Waals surface area contributed by atoms with Gasteiger partial charge in [0.2, 0.25) is 0 Å². The largest absolute Gasteiger partial charge is 0.329 e. The van der Waals surface area contributed by atoms with Crippen LogP contribution in [-0.2, 0) is 0 Å². The first-order chi connectivity index (χ1) is 8.05. The van der Waals surface area contributed by atoms with Gasteiger partial charge >= 0.3 is 0 Å². The molecular formula is C15H34N2. The maximum absolute atomic E-state index is 6.05. The molecule has 17 heavy (non-hydrogen) atoms. The molecule has 0 aromatic carbocycles. The Balaban J connectivity index is 4.39. The van der Waals surface area contributed by atoms with Crippen LogP contribution in [0.15, 0.2) is 0 Å². The molecule has 0 aromatic heterocycles. The topological polar surface area (TPSA) is 29.3 Å². The van der Waals surface area contributed by atoms with E-state index >= 15 is 0 Å². The first kappa shape index (κ1) is 16.9. The minimum Gasteiger partial charge on any atom is -0.329 e. The lowest BCUT2D eigenvalue weighted by Gasteiger charge is -2.44. The summed E-state index contributed by atoms with van der Waals surface area (Å²) in [5.74, 6) is 0. The predicted molar refractivity (Wildman–Crippen MR) is 78.4 cm³/mol. The summed E-state index contributed by atoms with van der Waals surface area (Å²) < 4.78 is 0. The van der Waals surface area contributed by atoms with E-state index in [0.29, 0.717) is 6.04 Å². The monoisotopic (exact) mass is 242 g/mol. The van der Waals surface area contributed by atoms with Crippen molar-refractivity contribution in [1.29, 1.82) is 0 Å². The molecule has 0 aliphatic carbocycles. The summed E-state index contributed by atoms with van der Waals surface area (Å²) in [5, 5.41) is 0. The molecule has 2 nitrogen and oxygen atoms in total. The average molecular weight is 242 g/mol. The van der Waals surface area contributed by atoms with Crippen LogP contribution in [0.5, 0.6) is 0 Å². The van der Waals surface area contributed by atoms with E-state index in [9.17, 15) is 0 Å². The van der Waals surface area contributed by atoms with Crippen LogP contribution in [0.25, 0.3) is 0 Å². The molecule has 2 heteroatoms. The highest BCUT2D eigenvalue weighted by molar-refractivity contribution is 4.89. The molecule has 0 saturated carbocycles. The van der Waals surface area contributed by atoms with Crippen molar-refractivity contribution in [2.24, 2.45) is 5.73 Å². The van der Waals surface area contributed by atoms with Crippen molar-refractivity contribution < 1.29 is 0 Å². The van der Waals surface area contributed by atoms with Crippen LogP contribution >= 0.6 is 0 Å². The standard InChI is InChI=1S/C15H34N2/c1-6-9-10-11-12-15(5,13-16)17(8-3)14(4)7-2/h14H,6-13,16H2,1-5H3. The van der Waals surface area contributed by atoms with Crippen molar-refractivity contribution in [2.75, 3.05) is 13.1 Å². The molecule has 2 N–H and O–H groups in total. The molecule has 0 amide bonds. The Morgan fingerprint density at radius 2 is 1.76 bits per heavy atom. The van der Waals surface area contributed by atoms with Crippen LogP contribution in [0.2, 0.25) is 0 Å².